The lowest BCUT2D eigenvalue weighted by Gasteiger charge is -2.21. The molecule has 0 saturated carbocycles. The van der Waals surface area contributed by atoms with Crippen LogP contribution in [0.25, 0.3) is 16.8 Å². The number of pyridine rings is 2. The number of rotatable bonds is 11. The highest BCUT2D eigenvalue weighted by Gasteiger charge is 2.24. The van der Waals surface area contributed by atoms with Crippen LogP contribution in [-0.2, 0) is 11.2 Å². The number of aromatic nitrogens is 6. The maximum absolute atomic E-state index is 13.5. The van der Waals surface area contributed by atoms with Crippen LogP contribution in [0.15, 0.2) is 59.9 Å². The molecular weight excluding hydrogens is 522 g/mol. The van der Waals surface area contributed by atoms with Gasteiger partial charge in [-0.05, 0) is 46.7 Å². The molecule has 0 aliphatic carbocycles. The second-order valence-corrected chi connectivity index (χ2v) is 9.29. The van der Waals surface area contributed by atoms with Gasteiger partial charge in [0.15, 0.2) is 5.78 Å². The van der Waals surface area contributed by atoms with E-state index in [1.54, 1.807) is 36.5 Å². The molecule has 4 rings (SSSR count). The number of nitrogens with one attached hydrogen (secondary N) is 1. The van der Waals surface area contributed by atoms with Crippen LogP contribution in [0, 0.1) is 0 Å². The summed E-state index contributed by atoms with van der Waals surface area (Å²) >= 11 is 6.30. The van der Waals surface area contributed by atoms with E-state index in [-0.39, 0.29) is 29.4 Å². The first kappa shape index (κ1) is 27.6. The predicted molar refractivity (Wildman–Crippen MR) is 145 cm³/mol. The second kappa shape index (κ2) is 12.4. The SMILES string of the molecule is CCCCC(C(=O)Cc1ccc(C(=O)NC)nc1)n1cc(OC)c(-c2cc(Cl)ccc2-n2cnnn2)cc1=O. The van der Waals surface area contributed by atoms with Gasteiger partial charge in [0.2, 0.25) is 0 Å². The van der Waals surface area contributed by atoms with Crippen molar-refractivity contribution in [1.29, 1.82) is 0 Å². The maximum atomic E-state index is 13.5. The van der Waals surface area contributed by atoms with Crippen molar-refractivity contribution in [1.82, 2.24) is 35.1 Å². The van der Waals surface area contributed by atoms with Crippen molar-refractivity contribution in [3.8, 4) is 22.6 Å². The third kappa shape index (κ3) is 6.20. The third-order valence-corrected chi connectivity index (χ3v) is 6.55. The molecule has 39 heavy (non-hydrogen) atoms. The summed E-state index contributed by atoms with van der Waals surface area (Å²) in [4.78, 5) is 42.9. The molecule has 0 aliphatic rings. The Morgan fingerprint density at radius 1 is 1.15 bits per heavy atom. The van der Waals surface area contributed by atoms with Gasteiger partial charge < -0.3 is 14.6 Å². The number of hydrogen-bond donors (Lipinski definition) is 1. The number of ether oxygens (including phenoxy) is 1. The predicted octanol–water partition coefficient (Wildman–Crippen LogP) is 3.45. The van der Waals surface area contributed by atoms with Crippen molar-refractivity contribution in [2.45, 2.75) is 38.6 Å². The van der Waals surface area contributed by atoms with Gasteiger partial charge in [-0.25, -0.2) is 0 Å². The van der Waals surface area contributed by atoms with Crippen molar-refractivity contribution in [2.75, 3.05) is 14.2 Å². The Morgan fingerprint density at radius 3 is 2.62 bits per heavy atom. The van der Waals surface area contributed by atoms with Crippen molar-refractivity contribution in [3.05, 3.63) is 81.8 Å². The molecule has 3 aromatic heterocycles. The van der Waals surface area contributed by atoms with Gasteiger partial charge in [0.1, 0.15) is 17.8 Å². The van der Waals surface area contributed by atoms with E-state index in [4.69, 9.17) is 16.3 Å². The number of carbonyl (C=O) groups excluding carboxylic acids is 2. The average Bonchev–Trinajstić information content (AvgIpc) is 3.48. The smallest absolute Gasteiger partial charge is 0.269 e. The summed E-state index contributed by atoms with van der Waals surface area (Å²) in [6.07, 6.45) is 6.65. The first-order valence-electron chi connectivity index (χ1n) is 12.4. The summed E-state index contributed by atoms with van der Waals surface area (Å²) in [5.74, 6) is -0.0700. The van der Waals surface area contributed by atoms with Crippen LogP contribution >= 0.6 is 11.6 Å². The Labute approximate surface area is 229 Å². The summed E-state index contributed by atoms with van der Waals surface area (Å²) in [5.41, 5.74) is 2.23. The molecule has 0 spiro atoms. The fourth-order valence-corrected chi connectivity index (χ4v) is 4.48. The van der Waals surface area contributed by atoms with Crippen molar-refractivity contribution < 1.29 is 14.3 Å². The molecule has 1 N–H and O–H groups in total. The highest BCUT2D eigenvalue weighted by Crippen LogP contribution is 2.35. The largest absolute Gasteiger partial charge is 0.495 e. The van der Waals surface area contributed by atoms with E-state index in [0.717, 1.165) is 12.8 Å². The molecule has 1 unspecified atom stereocenters. The Kier molecular flexibility index (Phi) is 8.82. The highest BCUT2D eigenvalue weighted by molar-refractivity contribution is 6.31. The highest BCUT2D eigenvalue weighted by atomic mass is 35.5. The van der Waals surface area contributed by atoms with E-state index in [0.29, 0.717) is 39.6 Å². The monoisotopic (exact) mass is 549 g/mol. The molecule has 0 aliphatic heterocycles. The summed E-state index contributed by atoms with van der Waals surface area (Å²) < 4.78 is 8.57. The van der Waals surface area contributed by atoms with Crippen LogP contribution in [0.3, 0.4) is 0 Å². The van der Waals surface area contributed by atoms with Gasteiger partial charge >= 0.3 is 0 Å². The zero-order chi connectivity index (χ0) is 27.9. The molecule has 3 heterocycles. The number of halogens is 1. The number of nitrogens with zero attached hydrogens (tertiary/aromatic N) is 6. The standard InChI is InChI=1S/C27H28ClN7O4/c1-4-5-6-23(24(36)11-17-7-9-21(30-14-17)27(38)29-2)34-15-25(39-3)20(13-26(34)37)19-12-18(28)8-10-22(19)35-16-31-32-33-35/h7-10,12-16,23H,4-6,11H2,1-3H3,(H,29,38). The first-order chi connectivity index (χ1) is 18.9. The Balaban J connectivity index is 1.72. The summed E-state index contributed by atoms with van der Waals surface area (Å²) in [6, 6.07) is 9.14. The van der Waals surface area contributed by atoms with Crippen LogP contribution in [0.1, 0.15) is 48.3 Å². The second-order valence-electron chi connectivity index (χ2n) is 8.85. The van der Waals surface area contributed by atoms with Crippen molar-refractivity contribution in [3.63, 3.8) is 0 Å². The quantitative estimate of drug-likeness (QED) is 0.301. The first-order valence-corrected chi connectivity index (χ1v) is 12.8. The third-order valence-electron chi connectivity index (χ3n) is 6.31. The van der Waals surface area contributed by atoms with Gasteiger partial charge in [-0.3, -0.25) is 19.4 Å². The molecule has 0 fully saturated rings. The summed E-state index contributed by atoms with van der Waals surface area (Å²) in [6.45, 7) is 2.02. The van der Waals surface area contributed by atoms with Crippen LogP contribution in [0.2, 0.25) is 5.02 Å². The number of Topliss-reactive ketones (excluding diaryl/α,β-unsaturated/α-hetero) is 1. The Hall–Kier alpha value is -4.38. The van der Waals surface area contributed by atoms with E-state index in [1.165, 1.54) is 42.0 Å². The minimum Gasteiger partial charge on any atom is -0.495 e. The molecule has 1 aromatic carbocycles. The lowest BCUT2D eigenvalue weighted by molar-refractivity contribution is -0.121. The topological polar surface area (TPSA) is 134 Å². The molecular formula is C27H28ClN7O4. The van der Waals surface area contributed by atoms with Crippen LogP contribution in [0.5, 0.6) is 5.75 Å². The van der Waals surface area contributed by atoms with Gasteiger partial charge in [-0.1, -0.05) is 37.4 Å². The maximum Gasteiger partial charge on any atom is 0.269 e. The van der Waals surface area contributed by atoms with Crippen molar-refractivity contribution in [2.24, 2.45) is 0 Å². The molecule has 4 aromatic rings. The Morgan fingerprint density at radius 2 is 1.97 bits per heavy atom. The molecule has 202 valence electrons. The van der Waals surface area contributed by atoms with Gasteiger partial charge in [-0.15, -0.1) is 5.10 Å². The minimum absolute atomic E-state index is 0.0592. The van der Waals surface area contributed by atoms with Crippen LogP contribution in [-0.4, -0.2) is 55.6 Å². The molecule has 1 atom stereocenters. The molecule has 0 saturated heterocycles. The number of tetrazole rings is 1. The molecule has 0 bridgehead atoms. The number of amides is 1. The molecule has 1 amide bonds. The summed E-state index contributed by atoms with van der Waals surface area (Å²) in [5, 5.41) is 14.3. The zero-order valence-electron chi connectivity index (χ0n) is 21.8. The lowest BCUT2D eigenvalue weighted by atomic mass is 9.98. The van der Waals surface area contributed by atoms with Gasteiger partial charge in [0, 0.05) is 41.9 Å². The van der Waals surface area contributed by atoms with Gasteiger partial charge in [0.25, 0.3) is 11.5 Å². The fourth-order valence-electron chi connectivity index (χ4n) is 4.30. The van der Waals surface area contributed by atoms with E-state index < -0.39 is 6.04 Å². The molecule has 12 heteroatoms. The Bertz CT molecular complexity index is 1520. The van der Waals surface area contributed by atoms with E-state index >= 15 is 0 Å². The average molecular weight is 550 g/mol. The number of methoxy groups -OCH3 is 1. The fraction of sp³-hybridized carbons (Fsp3) is 0.296. The number of ketones is 1. The van der Waals surface area contributed by atoms with E-state index in [2.05, 4.69) is 25.8 Å². The molecule has 0 radical (unpaired) electrons. The summed E-state index contributed by atoms with van der Waals surface area (Å²) in [7, 11) is 3.02. The number of carbonyl (C=O) groups is 2. The van der Waals surface area contributed by atoms with E-state index in [1.807, 2.05) is 6.92 Å². The van der Waals surface area contributed by atoms with Crippen LogP contribution in [0.4, 0.5) is 0 Å². The van der Waals surface area contributed by atoms with Crippen LogP contribution < -0.4 is 15.6 Å². The number of unbranched alkanes of at least 4 members (excludes halogenated alkanes) is 1. The lowest BCUT2D eigenvalue weighted by Crippen LogP contribution is -2.30. The van der Waals surface area contributed by atoms with Gasteiger partial charge in [0.05, 0.1) is 25.0 Å². The zero-order valence-corrected chi connectivity index (χ0v) is 22.6. The van der Waals surface area contributed by atoms with Crippen molar-refractivity contribution >= 4 is 23.3 Å². The normalized spacial score (nSPS) is 11.7. The van der Waals surface area contributed by atoms with Gasteiger partial charge in [-0.2, -0.15) is 4.68 Å². The number of benzene rings is 1. The number of hydrogen-bond acceptors (Lipinski definition) is 8. The minimum atomic E-state index is -0.711. The van der Waals surface area contributed by atoms with E-state index in [9.17, 15) is 14.4 Å². The molecule has 11 nitrogen and oxygen atoms in total.